The first-order valence-corrected chi connectivity index (χ1v) is 8.32. The van der Waals surface area contributed by atoms with Crippen molar-refractivity contribution in [3.8, 4) is 0 Å². The third kappa shape index (κ3) is 6.14. The van der Waals surface area contributed by atoms with Gasteiger partial charge in [-0.1, -0.05) is 18.2 Å². The number of Topliss-reactive ketones (excluding diaryl/α,β-unsaturated/α-hetero) is 1. The molecule has 1 aliphatic rings. The molecule has 0 fully saturated rings. The smallest absolute Gasteiger partial charge is 0.347 e. The second-order valence-corrected chi connectivity index (χ2v) is 5.98. The lowest BCUT2D eigenvalue weighted by Gasteiger charge is -2.10. The number of rotatable bonds is 8. The maximum absolute atomic E-state index is 12.2. The summed E-state index contributed by atoms with van der Waals surface area (Å²) in [5.74, 6) is -2.56. The SMILES string of the molecule is CC(C)NC(=O)CNC(=O)COC(=O)C1=C(Nc2ccccc2)OCC1=O. The van der Waals surface area contributed by atoms with Crippen molar-refractivity contribution < 1.29 is 28.7 Å². The molecule has 0 aromatic heterocycles. The Labute approximate surface area is 156 Å². The second kappa shape index (κ2) is 9.37. The van der Waals surface area contributed by atoms with E-state index in [2.05, 4.69) is 16.0 Å². The molecule has 9 nitrogen and oxygen atoms in total. The highest BCUT2D eigenvalue weighted by molar-refractivity contribution is 6.20. The van der Waals surface area contributed by atoms with Gasteiger partial charge in [0.2, 0.25) is 17.6 Å². The number of carbonyl (C=O) groups excluding carboxylic acids is 4. The van der Waals surface area contributed by atoms with Crippen molar-refractivity contribution in [3.05, 3.63) is 41.8 Å². The first kappa shape index (κ1) is 20.0. The van der Waals surface area contributed by atoms with Gasteiger partial charge in [-0.05, 0) is 26.0 Å². The lowest BCUT2D eigenvalue weighted by molar-refractivity contribution is -0.145. The van der Waals surface area contributed by atoms with Crippen LogP contribution in [-0.2, 0) is 28.7 Å². The maximum Gasteiger partial charge on any atom is 0.347 e. The minimum absolute atomic E-state index is 0.0204. The molecule has 0 saturated heterocycles. The van der Waals surface area contributed by atoms with Crippen molar-refractivity contribution in [2.75, 3.05) is 25.1 Å². The summed E-state index contributed by atoms with van der Waals surface area (Å²) in [5.41, 5.74) is 0.339. The molecule has 1 aromatic rings. The number of hydrogen-bond acceptors (Lipinski definition) is 7. The van der Waals surface area contributed by atoms with E-state index in [1.165, 1.54) is 0 Å². The van der Waals surface area contributed by atoms with Crippen LogP contribution in [0.1, 0.15) is 13.8 Å². The van der Waals surface area contributed by atoms with Gasteiger partial charge in [0.05, 0.1) is 6.54 Å². The number of esters is 1. The molecule has 0 unspecified atom stereocenters. The van der Waals surface area contributed by atoms with Gasteiger partial charge in [-0.25, -0.2) is 4.79 Å². The van der Waals surface area contributed by atoms with Crippen LogP contribution in [0.3, 0.4) is 0 Å². The fourth-order valence-corrected chi connectivity index (χ4v) is 2.17. The van der Waals surface area contributed by atoms with Crippen molar-refractivity contribution in [1.29, 1.82) is 0 Å². The minimum Gasteiger partial charge on any atom is -0.470 e. The zero-order chi connectivity index (χ0) is 19.8. The van der Waals surface area contributed by atoms with Crippen molar-refractivity contribution in [2.24, 2.45) is 0 Å². The standard InChI is InChI=1S/C18H21N3O6/c1-11(2)20-14(23)8-19-15(24)10-27-18(25)16-13(22)9-26-17(16)21-12-6-4-3-5-7-12/h3-7,11,21H,8-10H2,1-2H3,(H,19,24)(H,20,23). The molecule has 0 spiro atoms. The lowest BCUT2D eigenvalue weighted by atomic mass is 10.2. The van der Waals surface area contributed by atoms with Crippen LogP contribution < -0.4 is 16.0 Å². The summed E-state index contributed by atoms with van der Waals surface area (Å²) < 4.78 is 10.0. The van der Waals surface area contributed by atoms with E-state index in [1.807, 2.05) is 6.07 Å². The van der Waals surface area contributed by atoms with E-state index in [0.717, 1.165) is 0 Å². The van der Waals surface area contributed by atoms with Crippen LogP contribution in [0.2, 0.25) is 0 Å². The molecular weight excluding hydrogens is 354 g/mol. The highest BCUT2D eigenvalue weighted by Gasteiger charge is 2.32. The van der Waals surface area contributed by atoms with Gasteiger partial charge in [-0.2, -0.15) is 0 Å². The average Bonchev–Trinajstić information content (AvgIpc) is 2.98. The van der Waals surface area contributed by atoms with Gasteiger partial charge in [0.15, 0.2) is 18.8 Å². The summed E-state index contributed by atoms with van der Waals surface area (Å²) in [4.78, 5) is 47.2. The van der Waals surface area contributed by atoms with E-state index in [0.29, 0.717) is 5.69 Å². The number of nitrogens with one attached hydrogen (secondary N) is 3. The monoisotopic (exact) mass is 375 g/mol. The third-order valence-corrected chi connectivity index (χ3v) is 3.32. The Morgan fingerprint density at radius 3 is 2.52 bits per heavy atom. The Morgan fingerprint density at radius 2 is 1.85 bits per heavy atom. The highest BCUT2D eigenvalue weighted by Crippen LogP contribution is 2.20. The number of benzene rings is 1. The van der Waals surface area contributed by atoms with Crippen LogP contribution in [0.4, 0.5) is 5.69 Å². The number of ketones is 1. The molecule has 2 rings (SSSR count). The van der Waals surface area contributed by atoms with Crippen LogP contribution in [0, 0.1) is 0 Å². The van der Waals surface area contributed by atoms with Gasteiger partial charge in [-0.15, -0.1) is 0 Å². The Hall–Kier alpha value is -3.36. The predicted molar refractivity (Wildman–Crippen MR) is 95.3 cm³/mol. The van der Waals surface area contributed by atoms with Crippen molar-refractivity contribution >= 4 is 29.3 Å². The summed E-state index contributed by atoms with van der Waals surface area (Å²) in [5, 5.41) is 7.75. The number of hydrogen-bond donors (Lipinski definition) is 3. The normalized spacial score (nSPS) is 13.2. The average molecular weight is 375 g/mol. The second-order valence-electron chi connectivity index (χ2n) is 5.98. The molecule has 27 heavy (non-hydrogen) atoms. The Bertz CT molecular complexity index is 758. The summed E-state index contributed by atoms with van der Waals surface area (Å²) in [7, 11) is 0. The van der Waals surface area contributed by atoms with E-state index in [-0.39, 0.29) is 36.6 Å². The molecule has 0 bridgehead atoms. The molecule has 144 valence electrons. The van der Waals surface area contributed by atoms with Gasteiger partial charge in [0, 0.05) is 11.7 Å². The minimum atomic E-state index is -0.974. The van der Waals surface area contributed by atoms with Gasteiger partial charge in [-0.3, -0.25) is 14.4 Å². The molecule has 0 aliphatic carbocycles. The molecule has 0 atom stereocenters. The fourth-order valence-electron chi connectivity index (χ4n) is 2.17. The molecule has 0 radical (unpaired) electrons. The van der Waals surface area contributed by atoms with E-state index < -0.39 is 24.3 Å². The topological polar surface area (TPSA) is 123 Å². The van der Waals surface area contributed by atoms with Crippen molar-refractivity contribution in [1.82, 2.24) is 10.6 Å². The molecule has 2 amide bonds. The maximum atomic E-state index is 12.2. The van der Waals surface area contributed by atoms with Crippen LogP contribution >= 0.6 is 0 Å². The molecule has 1 heterocycles. The predicted octanol–water partition coefficient (Wildman–Crippen LogP) is 0.0934. The number of anilines is 1. The van der Waals surface area contributed by atoms with Crippen molar-refractivity contribution in [2.45, 2.75) is 19.9 Å². The van der Waals surface area contributed by atoms with Gasteiger partial charge in [0.25, 0.3) is 5.91 Å². The molecule has 1 aromatic carbocycles. The van der Waals surface area contributed by atoms with E-state index >= 15 is 0 Å². The number of amides is 2. The largest absolute Gasteiger partial charge is 0.470 e. The van der Waals surface area contributed by atoms with Crippen LogP contribution in [0.15, 0.2) is 41.8 Å². The van der Waals surface area contributed by atoms with Gasteiger partial charge in [0.1, 0.15) is 0 Å². The quantitative estimate of drug-likeness (QED) is 0.435. The first-order chi connectivity index (χ1) is 12.9. The summed E-state index contributed by atoms with van der Waals surface area (Å²) in [6.07, 6.45) is 0. The molecule has 0 saturated carbocycles. The molecule has 9 heteroatoms. The molecular formula is C18H21N3O6. The molecule has 3 N–H and O–H groups in total. The van der Waals surface area contributed by atoms with E-state index in [1.54, 1.807) is 38.1 Å². The van der Waals surface area contributed by atoms with Gasteiger partial charge >= 0.3 is 5.97 Å². The lowest BCUT2D eigenvalue weighted by Crippen LogP contribution is -2.41. The van der Waals surface area contributed by atoms with E-state index in [4.69, 9.17) is 9.47 Å². The van der Waals surface area contributed by atoms with Crippen LogP contribution in [-0.4, -0.2) is 49.4 Å². The summed E-state index contributed by atoms with van der Waals surface area (Å²) in [6.45, 7) is 2.43. The Kier molecular flexibility index (Phi) is 6.93. The fraction of sp³-hybridized carbons (Fsp3) is 0.333. The van der Waals surface area contributed by atoms with Gasteiger partial charge < -0.3 is 25.4 Å². The molecule has 1 aliphatic heterocycles. The summed E-state index contributed by atoms with van der Waals surface area (Å²) in [6, 6.07) is 8.78. The van der Waals surface area contributed by atoms with Crippen LogP contribution in [0.5, 0.6) is 0 Å². The van der Waals surface area contributed by atoms with Crippen LogP contribution in [0.25, 0.3) is 0 Å². The Morgan fingerprint density at radius 1 is 1.15 bits per heavy atom. The third-order valence-electron chi connectivity index (χ3n) is 3.32. The zero-order valence-electron chi connectivity index (χ0n) is 15.0. The highest BCUT2D eigenvalue weighted by atomic mass is 16.5. The van der Waals surface area contributed by atoms with Crippen molar-refractivity contribution in [3.63, 3.8) is 0 Å². The van der Waals surface area contributed by atoms with E-state index in [9.17, 15) is 19.2 Å². The number of para-hydroxylation sites is 1. The summed E-state index contributed by atoms with van der Waals surface area (Å²) >= 11 is 0. The zero-order valence-corrected chi connectivity index (χ0v) is 15.0. The Balaban J connectivity index is 1.89. The number of ether oxygens (including phenoxy) is 2. The number of carbonyl (C=O) groups is 4. The first-order valence-electron chi connectivity index (χ1n) is 8.32.